The van der Waals surface area contributed by atoms with Crippen molar-refractivity contribution in [2.24, 2.45) is 0 Å². The highest BCUT2D eigenvalue weighted by molar-refractivity contribution is 7.92. The van der Waals surface area contributed by atoms with Crippen molar-refractivity contribution < 1.29 is 30.9 Å². The van der Waals surface area contributed by atoms with E-state index in [-0.39, 0.29) is 21.9 Å². The summed E-state index contributed by atoms with van der Waals surface area (Å²) >= 11 is 0. The molecule has 0 saturated heterocycles. The first-order valence-electron chi connectivity index (χ1n) is 8.92. The molecule has 0 aliphatic carbocycles. The van der Waals surface area contributed by atoms with Gasteiger partial charge in [0.25, 0.3) is 15.9 Å². The largest absolute Gasteiger partial charge is 0.418 e. The summed E-state index contributed by atoms with van der Waals surface area (Å²) in [4.78, 5) is 12.1. The number of aromatic nitrogens is 1. The molecule has 2 N–H and O–H groups in total. The number of benzene rings is 2. The fourth-order valence-electron chi connectivity index (χ4n) is 2.96. The number of hydrogen-bond donors (Lipinski definition) is 2. The summed E-state index contributed by atoms with van der Waals surface area (Å²) in [6, 6.07) is 7.26. The average molecular weight is 453 g/mol. The van der Waals surface area contributed by atoms with Gasteiger partial charge >= 0.3 is 6.18 Å². The smallest absolute Gasteiger partial charge is 0.361 e. The molecule has 1 heterocycles. The number of nitrogens with one attached hydrogen (secondary N) is 2. The summed E-state index contributed by atoms with van der Waals surface area (Å²) < 4.78 is 73.1. The summed E-state index contributed by atoms with van der Waals surface area (Å²) in [5, 5.41) is 5.76. The van der Waals surface area contributed by atoms with Gasteiger partial charge in [0, 0.05) is 5.69 Å². The van der Waals surface area contributed by atoms with Crippen molar-refractivity contribution in [3.05, 3.63) is 70.6 Å². The molecule has 164 valence electrons. The molecule has 1 amide bonds. The molecule has 0 aliphatic rings. The van der Waals surface area contributed by atoms with Crippen LogP contribution in [0.1, 0.15) is 32.8 Å². The minimum atomic E-state index is -4.88. The molecule has 0 spiro atoms. The molecule has 0 unspecified atom stereocenters. The Morgan fingerprint density at radius 3 is 2.35 bits per heavy atom. The van der Waals surface area contributed by atoms with Gasteiger partial charge < -0.3 is 9.84 Å². The molecule has 1 aromatic heterocycles. The zero-order valence-electron chi connectivity index (χ0n) is 16.7. The summed E-state index contributed by atoms with van der Waals surface area (Å²) in [5.41, 5.74) is -0.808. The van der Waals surface area contributed by atoms with Crippen LogP contribution in [0.4, 0.5) is 24.5 Å². The number of alkyl halides is 3. The molecule has 0 aliphatic heterocycles. The number of hydrogen-bond acceptors (Lipinski definition) is 5. The third-order valence-electron chi connectivity index (χ3n) is 4.44. The molecule has 0 saturated carbocycles. The Balaban J connectivity index is 1.95. The standard InChI is InChI=1S/C20H18F3N3O4S/c1-11-4-7-18(12(2)8-11)31(28,29)26-17-6-5-14(9-16(17)20(21,22)23)25-19(27)15-10-24-30-13(15)3/h4-10,26H,1-3H3,(H,25,27). The summed E-state index contributed by atoms with van der Waals surface area (Å²) in [5.74, 6) is -0.512. The lowest BCUT2D eigenvalue weighted by Gasteiger charge is -2.17. The third kappa shape index (κ3) is 4.88. The van der Waals surface area contributed by atoms with Gasteiger partial charge in [-0.25, -0.2) is 8.42 Å². The van der Waals surface area contributed by atoms with Gasteiger partial charge in [-0.15, -0.1) is 0 Å². The Labute approximate surface area is 176 Å². The van der Waals surface area contributed by atoms with Gasteiger partial charge in [0.1, 0.15) is 11.3 Å². The van der Waals surface area contributed by atoms with Gasteiger partial charge in [0.2, 0.25) is 0 Å². The van der Waals surface area contributed by atoms with E-state index in [4.69, 9.17) is 4.52 Å². The molecule has 7 nitrogen and oxygen atoms in total. The summed E-state index contributed by atoms with van der Waals surface area (Å²) in [6.45, 7) is 4.80. The number of nitrogens with zero attached hydrogens (tertiary/aromatic N) is 1. The number of amides is 1. The van der Waals surface area contributed by atoms with E-state index in [1.54, 1.807) is 26.0 Å². The van der Waals surface area contributed by atoms with E-state index in [0.717, 1.165) is 23.9 Å². The normalized spacial score (nSPS) is 11.9. The molecule has 0 fully saturated rings. The molecule has 11 heteroatoms. The maximum Gasteiger partial charge on any atom is 0.418 e. The lowest BCUT2D eigenvalue weighted by Crippen LogP contribution is -2.19. The van der Waals surface area contributed by atoms with Crippen LogP contribution in [0.2, 0.25) is 0 Å². The van der Waals surface area contributed by atoms with Crippen LogP contribution in [-0.4, -0.2) is 19.5 Å². The minimum absolute atomic E-state index is 0.0631. The van der Waals surface area contributed by atoms with Gasteiger partial charge in [0.05, 0.1) is 22.3 Å². The van der Waals surface area contributed by atoms with Crippen LogP contribution in [0, 0.1) is 20.8 Å². The van der Waals surface area contributed by atoms with E-state index in [1.165, 1.54) is 13.0 Å². The second-order valence-electron chi connectivity index (χ2n) is 6.88. The zero-order valence-corrected chi connectivity index (χ0v) is 17.5. The van der Waals surface area contributed by atoms with Crippen molar-refractivity contribution in [1.29, 1.82) is 0 Å². The molecule has 31 heavy (non-hydrogen) atoms. The number of anilines is 2. The van der Waals surface area contributed by atoms with Gasteiger partial charge in [-0.05, 0) is 50.6 Å². The number of aryl methyl sites for hydroxylation is 3. The quantitative estimate of drug-likeness (QED) is 0.585. The second-order valence-corrected chi connectivity index (χ2v) is 8.53. The third-order valence-corrected chi connectivity index (χ3v) is 5.97. The van der Waals surface area contributed by atoms with E-state index < -0.39 is 33.4 Å². The monoisotopic (exact) mass is 453 g/mol. The highest BCUT2D eigenvalue weighted by Crippen LogP contribution is 2.37. The van der Waals surface area contributed by atoms with E-state index in [9.17, 15) is 26.4 Å². The Kier molecular flexibility index (Phi) is 5.81. The topological polar surface area (TPSA) is 101 Å². The molecule has 3 aromatic rings. The maximum absolute atomic E-state index is 13.6. The van der Waals surface area contributed by atoms with Gasteiger partial charge in [-0.2, -0.15) is 13.2 Å². The first kappa shape index (κ1) is 22.3. The van der Waals surface area contributed by atoms with Crippen molar-refractivity contribution >= 4 is 27.3 Å². The average Bonchev–Trinajstić information content (AvgIpc) is 3.07. The molecular weight excluding hydrogens is 435 g/mol. The number of halogens is 3. The Hall–Kier alpha value is -3.34. The molecule has 0 radical (unpaired) electrons. The fraction of sp³-hybridized carbons (Fsp3) is 0.200. The van der Waals surface area contributed by atoms with Crippen LogP contribution >= 0.6 is 0 Å². The second kappa shape index (κ2) is 8.06. The molecule has 0 atom stereocenters. The lowest BCUT2D eigenvalue weighted by molar-refractivity contribution is -0.136. The summed E-state index contributed by atoms with van der Waals surface area (Å²) in [6.07, 6.45) is -3.74. The van der Waals surface area contributed by atoms with Crippen LogP contribution in [-0.2, 0) is 16.2 Å². The van der Waals surface area contributed by atoms with Crippen LogP contribution in [0.3, 0.4) is 0 Å². The molecule has 3 rings (SSSR count). The maximum atomic E-state index is 13.6. The summed E-state index contributed by atoms with van der Waals surface area (Å²) in [7, 11) is -4.28. The van der Waals surface area contributed by atoms with E-state index >= 15 is 0 Å². The van der Waals surface area contributed by atoms with Gasteiger partial charge in [-0.3, -0.25) is 9.52 Å². The highest BCUT2D eigenvalue weighted by atomic mass is 32.2. The minimum Gasteiger partial charge on any atom is -0.361 e. The van der Waals surface area contributed by atoms with Gasteiger partial charge in [0.15, 0.2) is 0 Å². The number of sulfonamides is 1. The van der Waals surface area contributed by atoms with Crippen LogP contribution in [0.25, 0.3) is 0 Å². The fourth-order valence-corrected chi connectivity index (χ4v) is 4.27. The number of rotatable bonds is 5. The van der Waals surface area contributed by atoms with Crippen molar-refractivity contribution in [2.75, 3.05) is 10.0 Å². The Morgan fingerprint density at radius 2 is 1.77 bits per heavy atom. The van der Waals surface area contributed by atoms with Crippen LogP contribution in [0.15, 0.2) is 52.0 Å². The van der Waals surface area contributed by atoms with E-state index in [0.29, 0.717) is 11.6 Å². The number of carbonyl (C=O) groups excluding carboxylic acids is 1. The highest BCUT2D eigenvalue weighted by Gasteiger charge is 2.35. The molecular formula is C20H18F3N3O4S. The first-order valence-corrected chi connectivity index (χ1v) is 10.4. The Bertz CT molecular complexity index is 1250. The Morgan fingerprint density at radius 1 is 1.06 bits per heavy atom. The van der Waals surface area contributed by atoms with Crippen molar-refractivity contribution in [3.8, 4) is 0 Å². The first-order chi connectivity index (χ1) is 14.4. The van der Waals surface area contributed by atoms with E-state index in [2.05, 4.69) is 10.5 Å². The SMILES string of the molecule is Cc1ccc(S(=O)(=O)Nc2ccc(NC(=O)c3cnoc3C)cc2C(F)(F)F)c(C)c1. The zero-order chi connectivity index (χ0) is 23.0. The van der Waals surface area contributed by atoms with Crippen molar-refractivity contribution in [1.82, 2.24) is 5.16 Å². The number of carbonyl (C=O) groups is 1. The van der Waals surface area contributed by atoms with Crippen molar-refractivity contribution in [2.45, 2.75) is 31.8 Å². The predicted molar refractivity (Wildman–Crippen MR) is 107 cm³/mol. The van der Waals surface area contributed by atoms with E-state index in [1.807, 2.05) is 4.72 Å². The predicted octanol–water partition coefficient (Wildman–Crippen LogP) is 4.67. The van der Waals surface area contributed by atoms with Gasteiger partial charge in [-0.1, -0.05) is 22.9 Å². The van der Waals surface area contributed by atoms with Crippen LogP contribution < -0.4 is 10.0 Å². The molecule has 0 bridgehead atoms. The van der Waals surface area contributed by atoms with Crippen molar-refractivity contribution in [3.63, 3.8) is 0 Å². The molecule has 2 aromatic carbocycles. The lowest BCUT2D eigenvalue weighted by atomic mass is 10.1. The van der Waals surface area contributed by atoms with Crippen LogP contribution in [0.5, 0.6) is 0 Å².